The van der Waals surface area contributed by atoms with E-state index < -0.39 is 0 Å². The maximum absolute atomic E-state index is 11.2. The molecule has 74 valence electrons. The highest BCUT2D eigenvalue weighted by atomic mass is 16.1. The van der Waals surface area contributed by atoms with Gasteiger partial charge in [0, 0.05) is 5.56 Å². The van der Waals surface area contributed by atoms with Crippen molar-refractivity contribution in [3.63, 3.8) is 0 Å². The Balaban J connectivity index is 2.64. The highest BCUT2D eigenvalue weighted by Gasteiger charge is 2.00. The van der Waals surface area contributed by atoms with Crippen LogP contribution >= 0.6 is 0 Å². The molecule has 15 heavy (non-hydrogen) atoms. The van der Waals surface area contributed by atoms with Crippen LogP contribution < -0.4 is 0 Å². The lowest BCUT2D eigenvalue weighted by molar-refractivity contribution is 0.101. The molecule has 2 aromatic carbocycles. The standard InChI is InChI=1S/C14H12O/c1-3-11-4-5-14-9-12(10(2)15)6-7-13(14)8-11/h3-9H,1H2,2H3. The fourth-order valence-corrected chi connectivity index (χ4v) is 1.61. The highest BCUT2D eigenvalue weighted by molar-refractivity contribution is 5.98. The summed E-state index contributed by atoms with van der Waals surface area (Å²) in [4.78, 5) is 11.2. The normalized spacial score (nSPS) is 10.2. The van der Waals surface area contributed by atoms with E-state index in [1.807, 2.05) is 36.4 Å². The van der Waals surface area contributed by atoms with Crippen LogP contribution in [0.25, 0.3) is 16.8 Å². The molecule has 0 bridgehead atoms. The minimum Gasteiger partial charge on any atom is -0.295 e. The molecular weight excluding hydrogens is 184 g/mol. The third kappa shape index (κ3) is 1.82. The summed E-state index contributed by atoms with van der Waals surface area (Å²) in [6, 6.07) is 11.8. The Labute approximate surface area is 89.0 Å². The zero-order chi connectivity index (χ0) is 10.8. The van der Waals surface area contributed by atoms with Crippen molar-refractivity contribution in [2.24, 2.45) is 0 Å². The maximum Gasteiger partial charge on any atom is 0.159 e. The molecule has 2 aromatic rings. The lowest BCUT2D eigenvalue weighted by atomic mass is 10.0. The van der Waals surface area contributed by atoms with Gasteiger partial charge in [-0.05, 0) is 35.4 Å². The van der Waals surface area contributed by atoms with E-state index in [1.54, 1.807) is 6.92 Å². The molecule has 0 aliphatic heterocycles. The zero-order valence-electron chi connectivity index (χ0n) is 8.66. The number of Topliss-reactive ketones (excluding diaryl/α,β-unsaturated/α-hetero) is 1. The fraction of sp³-hybridized carbons (Fsp3) is 0.0714. The van der Waals surface area contributed by atoms with Crippen molar-refractivity contribution in [1.29, 1.82) is 0 Å². The zero-order valence-corrected chi connectivity index (χ0v) is 8.66. The predicted molar refractivity (Wildman–Crippen MR) is 64.0 cm³/mol. The van der Waals surface area contributed by atoms with Crippen molar-refractivity contribution in [3.8, 4) is 0 Å². The summed E-state index contributed by atoms with van der Waals surface area (Å²) in [5, 5.41) is 2.23. The van der Waals surface area contributed by atoms with Crippen molar-refractivity contribution in [1.82, 2.24) is 0 Å². The van der Waals surface area contributed by atoms with Crippen molar-refractivity contribution in [2.75, 3.05) is 0 Å². The van der Waals surface area contributed by atoms with Crippen LogP contribution in [0.3, 0.4) is 0 Å². The molecule has 0 radical (unpaired) electrons. The molecule has 0 amide bonds. The number of carbonyl (C=O) groups is 1. The summed E-state index contributed by atoms with van der Waals surface area (Å²) in [6.07, 6.45) is 1.82. The molecule has 0 spiro atoms. The van der Waals surface area contributed by atoms with Gasteiger partial charge >= 0.3 is 0 Å². The first-order valence-electron chi connectivity index (χ1n) is 4.88. The van der Waals surface area contributed by atoms with Crippen molar-refractivity contribution < 1.29 is 4.79 Å². The van der Waals surface area contributed by atoms with Crippen LogP contribution in [0.5, 0.6) is 0 Å². The summed E-state index contributed by atoms with van der Waals surface area (Å²) in [5.41, 5.74) is 1.85. The van der Waals surface area contributed by atoms with E-state index >= 15 is 0 Å². The molecule has 0 N–H and O–H groups in total. The van der Waals surface area contributed by atoms with Crippen LogP contribution in [0.2, 0.25) is 0 Å². The van der Waals surface area contributed by atoms with Gasteiger partial charge in [0.05, 0.1) is 0 Å². The molecule has 0 unspecified atom stereocenters. The average molecular weight is 196 g/mol. The second-order valence-electron chi connectivity index (χ2n) is 3.58. The van der Waals surface area contributed by atoms with Crippen LogP contribution in [0.1, 0.15) is 22.8 Å². The van der Waals surface area contributed by atoms with E-state index in [-0.39, 0.29) is 5.78 Å². The summed E-state index contributed by atoms with van der Waals surface area (Å²) < 4.78 is 0. The van der Waals surface area contributed by atoms with Gasteiger partial charge < -0.3 is 0 Å². The van der Waals surface area contributed by atoms with Crippen molar-refractivity contribution >= 4 is 22.6 Å². The van der Waals surface area contributed by atoms with Gasteiger partial charge in [-0.15, -0.1) is 0 Å². The van der Waals surface area contributed by atoms with Gasteiger partial charge in [-0.1, -0.05) is 36.9 Å². The van der Waals surface area contributed by atoms with Crippen LogP contribution in [-0.4, -0.2) is 5.78 Å². The topological polar surface area (TPSA) is 17.1 Å². The van der Waals surface area contributed by atoms with Gasteiger partial charge in [0.2, 0.25) is 0 Å². The van der Waals surface area contributed by atoms with E-state index in [1.165, 1.54) is 0 Å². The second-order valence-corrected chi connectivity index (χ2v) is 3.58. The summed E-state index contributed by atoms with van der Waals surface area (Å²) in [5.74, 6) is 0.102. The largest absolute Gasteiger partial charge is 0.295 e. The number of hydrogen-bond donors (Lipinski definition) is 0. The van der Waals surface area contributed by atoms with Crippen molar-refractivity contribution in [2.45, 2.75) is 6.92 Å². The van der Waals surface area contributed by atoms with Gasteiger partial charge in [-0.25, -0.2) is 0 Å². The molecule has 2 rings (SSSR count). The summed E-state index contributed by atoms with van der Waals surface area (Å²) >= 11 is 0. The summed E-state index contributed by atoms with van der Waals surface area (Å²) in [6.45, 7) is 5.31. The maximum atomic E-state index is 11.2. The number of ketones is 1. The minimum atomic E-state index is 0.102. The molecule has 0 fully saturated rings. The first kappa shape index (κ1) is 9.66. The van der Waals surface area contributed by atoms with E-state index in [0.717, 1.165) is 21.9 Å². The van der Waals surface area contributed by atoms with Gasteiger partial charge in [-0.2, -0.15) is 0 Å². The highest BCUT2D eigenvalue weighted by Crippen LogP contribution is 2.18. The van der Waals surface area contributed by atoms with Crippen LogP contribution in [0.15, 0.2) is 43.0 Å². The molecule has 0 aromatic heterocycles. The van der Waals surface area contributed by atoms with Crippen LogP contribution in [-0.2, 0) is 0 Å². The third-order valence-electron chi connectivity index (χ3n) is 2.51. The molecule has 0 atom stereocenters. The molecule has 0 aliphatic carbocycles. The Bertz CT molecular complexity index is 538. The monoisotopic (exact) mass is 196 g/mol. The van der Waals surface area contributed by atoms with Crippen molar-refractivity contribution in [3.05, 3.63) is 54.1 Å². The Morgan fingerprint density at radius 3 is 2.47 bits per heavy atom. The third-order valence-corrected chi connectivity index (χ3v) is 2.51. The Morgan fingerprint density at radius 1 is 1.13 bits per heavy atom. The van der Waals surface area contributed by atoms with Crippen LogP contribution in [0.4, 0.5) is 0 Å². The number of benzene rings is 2. The number of rotatable bonds is 2. The Hall–Kier alpha value is -1.89. The van der Waals surface area contributed by atoms with E-state index in [2.05, 4.69) is 12.6 Å². The molecule has 1 heteroatoms. The minimum absolute atomic E-state index is 0.102. The quantitative estimate of drug-likeness (QED) is 0.669. The smallest absolute Gasteiger partial charge is 0.159 e. The van der Waals surface area contributed by atoms with Crippen LogP contribution in [0, 0.1) is 0 Å². The van der Waals surface area contributed by atoms with Gasteiger partial charge in [0.15, 0.2) is 5.78 Å². The molecular formula is C14H12O. The molecule has 1 nitrogen and oxygen atoms in total. The molecule has 0 heterocycles. The Morgan fingerprint density at radius 2 is 1.80 bits per heavy atom. The summed E-state index contributed by atoms with van der Waals surface area (Å²) in [7, 11) is 0. The van der Waals surface area contributed by atoms with E-state index in [9.17, 15) is 4.79 Å². The first-order valence-corrected chi connectivity index (χ1v) is 4.88. The number of fused-ring (bicyclic) bond motifs is 1. The average Bonchev–Trinajstić information content (AvgIpc) is 2.27. The van der Waals surface area contributed by atoms with E-state index in [0.29, 0.717) is 0 Å². The number of carbonyl (C=O) groups excluding carboxylic acids is 1. The first-order chi connectivity index (χ1) is 7.20. The Kier molecular flexibility index (Phi) is 2.38. The number of hydrogen-bond acceptors (Lipinski definition) is 1. The second kappa shape index (κ2) is 3.70. The lowest BCUT2D eigenvalue weighted by Crippen LogP contribution is -1.90. The fourth-order valence-electron chi connectivity index (χ4n) is 1.61. The van der Waals surface area contributed by atoms with Gasteiger partial charge in [-0.3, -0.25) is 4.79 Å². The van der Waals surface area contributed by atoms with Gasteiger partial charge in [0.25, 0.3) is 0 Å². The van der Waals surface area contributed by atoms with Gasteiger partial charge in [0.1, 0.15) is 0 Å². The SMILES string of the molecule is C=Cc1ccc2cc(C(C)=O)ccc2c1. The van der Waals surface area contributed by atoms with E-state index in [4.69, 9.17) is 0 Å². The molecule has 0 saturated heterocycles. The predicted octanol–water partition coefficient (Wildman–Crippen LogP) is 3.69. The molecule has 0 saturated carbocycles. The molecule has 0 aliphatic rings. The lowest BCUT2D eigenvalue weighted by Gasteiger charge is -2.01.